The maximum atomic E-state index is 11.8. The van der Waals surface area contributed by atoms with Crippen molar-refractivity contribution in [3.63, 3.8) is 0 Å². The fourth-order valence-electron chi connectivity index (χ4n) is 1.60. The van der Waals surface area contributed by atoms with E-state index in [4.69, 9.17) is 0 Å². The van der Waals surface area contributed by atoms with Crippen LogP contribution in [0.4, 0.5) is 0 Å². The van der Waals surface area contributed by atoms with E-state index in [1.54, 1.807) is 0 Å². The van der Waals surface area contributed by atoms with Gasteiger partial charge in [0.1, 0.15) is 10.3 Å². The van der Waals surface area contributed by atoms with Crippen molar-refractivity contribution in [1.82, 2.24) is 15.3 Å². The molecular weight excluding hydrogens is 306 g/mol. The lowest BCUT2D eigenvalue weighted by Crippen LogP contribution is -2.26. The molecule has 0 saturated heterocycles. The normalized spacial score (nSPS) is 10.2. The number of carbonyl (C=O) groups excluding carboxylic acids is 1. The Labute approximate surface area is 120 Å². The quantitative estimate of drug-likeness (QED) is 0.942. The summed E-state index contributed by atoms with van der Waals surface area (Å²) in [6, 6.07) is 8.27. The van der Waals surface area contributed by atoms with Gasteiger partial charge < -0.3 is 5.32 Å². The Morgan fingerprint density at radius 2 is 1.95 bits per heavy atom. The second kappa shape index (κ2) is 6.43. The van der Waals surface area contributed by atoms with Crippen LogP contribution in [0.2, 0.25) is 0 Å². The molecule has 0 saturated carbocycles. The first-order valence-corrected chi connectivity index (χ1v) is 6.76. The summed E-state index contributed by atoms with van der Waals surface area (Å²) in [6.07, 6.45) is 3.76. The number of rotatable bonds is 4. The molecule has 1 aromatic heterocycles. The van der Waals surface area contributed by atoms with Gasteiger partial charge in [0.05, 0.1) is 12.4 Å². The van der Waals surface area contributed by atoms with Gasteiger partial charge in [0, 0.05) is 6.54 Å². The van der Waals surface area contributed by atoms with Crippen molar-refractivity contribution in [3.05, 3.63) is 58.1 Å². The number of carbonyl (C=O) groups is 1. The Balaban J connectivity index is 1.84. The summed E-state index contributed by atoms with van der Waals surface area (Å²) < 4.78 is 0.615. The fraction of sp³-hybridized carbons (Fsp3) is 0.214. The Hall–Kier alpha value is -1.75. The molecule has 0 aliphatic heterocycles. The fourth-order valence-corrected chi connectivity index (χ4v) is 1.80. The minimum atomic E-state index is -0.202. The second-order valence-electron chi connectivity index (χ2n) is 4.22. The van der Waals surface area contributed by atoms with Crippen molar-refractivity contribution >= 4 is 21.8 Å². The number of benzene rings is 1. The van der Waals surface area contributed by atoms with E-state index in [0.29, 0.717) is 16.8 Å². The molecule has 5 heteroatoms. The molecule has 0 unspecified atom stereocenters. The van der Waals surface area contributed by atoms with Crippen molar-refractivity contribution in [2.24, 2.45) is 0 Å². The monoisotopic (exact) mass is 319 g/mol. The summed E-state index contributed by atoms with van der Waals surface area (Å²) >= 11 is 3.18. The molecule has 0 radical (unpaired) electrons. The number of amides is 1. The number of nitrogens with zero attached hydrogens (tertiary/aromatic N) is 2. The maximum Gasteiger partial charge on any atom is 0.271 e. The number of halogens is 1. The number of aryl methyl sites for hydroxylation is 1. The van der Waals surface area contributed by atoms with Gasteiger partial charge in [-0.3, -0.25) is 4.79 Å². The van der Waals surface area contributed by atoms with E-state index in [0.717, 1.165) is 6.42 Å². The first-order chi connectivity index (χ1) is 9.15. The van der Waals surface area contributed by atoms with Crippen molar-refractivity contribution in [1.29, 1.82) is 0 Å². The summed E-state index contributed by atoms with van der Waals surface area (Å²) in [5.41, 5.74) is 2.76. The zero-order valence-corrected chi connectivity index (χ0v) is 12.1. The van der Waals surface area contributed by atoms with E-state index in [-0.39, 0.29) is 5.91 Å². The van der Waals surface area contributed by atoms with Gasteiger partial charge >= 0.3 is 0 Å². The van der Waals surface area contributed by atoms with Gasteiger partial charge in [0.15, 0.2) is 0 Å². The molecule has 19 heavy (non-hydrogen) atoms. The van der Waals surface area contributed by atoms with Gasteiger partial charge in [-0.05, 0) is 34.8 Å². The SMILES string of the molecule is Cc1ccc(CCNC(=O)c2cnc(Br)cn2)cc1. The van der Waals surface area contributed by atoms with Gasteiger partial charge in [0.2, 0.25) is 0 Å². The van der Waals surface area contributed by atoms with E-state index in [1.165, 1.54) is 23.5 Å². The Morgan fingerprint density at radius 3 is 2.58 bits per heavy atom. The zero-order valence-electron chi connectivity index (χ0n) is 10.6. The Kier molecular flexibility index (Phi) is 4.63. The highest BCUT2D eigenvalue weighted by Gasteiger charge is 2.06. The van der Waals surface area contributed by atoms with Crippen molar-refractivity contribution in [2.75, 3.05) is 6.54 Å². The standard InChI is InChI=1S/C14H14BrN3O/c1-10-2-4-11(5-3-10)6-7-16-14(19)12-8-18-13(15)9-17-12/h2-5,8-9H,6-7H2,1H3,(H,16,19). The van der Waals surface area contributed by atoms with Gasteiger partial charge in [-0.2, -0.15) is 0 Å². The van der Waals surface area contributed by atoms with Gasteiger partial charge in [-0.1, -0.05) is 29.8 Å². The minimum Gasteiger partial charge on any atom is -0.350 e. The van der Waals surface area contributed by atoms with Crippen molar-refractivity contribution in [3.8, 4) is 0 Å². The van der Waals surface area contributed by atoms with Crippen molar-refractivity contribution in [2.45, 2.75) is 13.3 Å². The lowest BCUT2D eigenvalue weighted by Gasteiger charge is -2.05. The average Bonchev–Trinajstić information content (AvgIpc) is 2.41. The first kappa shape index (κ1) is 13.7. The van der Waals surface area contributed by atoms with Crippen LogP contribution in [-0.2, 0) is 6.42 Å². The van der Waals surface area contributed by atoms with Crippen LogP contribution >= 0.6 is 15.9 Å². The molecule has 0 atom stereocenters. The largest absolute Gasteiger partial charge is 0.350 e. The predicted molar refractivity (Wildman–Crippen MR) is 76.9 cm³/mol. The molecule has 1 heterocycles. The minimum absolute atomic E-state index is 0.202. The van der Waals surface area contributed by atoms with Gasteiger partial charge in [-0.15, -0.1) is 0 Å². The average molecular weight is 320 g/mol. The molecular formula is C14H14BrN3O. The molecule has 1 N–H and O–H groups in total. The van der Waals surface area contributed by atoms with Crippen LogP contribution in [0, 0.1) is 6.92 Å². The molecule has 0 aliphatic carbocycles. The number of nitrogens with one attached hydrogen (secondary N) is 1. The maximum absolute atomic E-state index is 11.8. The third kappa shape index (κ3) is 4.13. The van der Waals surface area contributed by atoms with Crippen LogP contribution in [0.5, 0.6) is 0 Å². The number of hydrogen-bond donors (Lipinski definition) is 1. The molecule has 1 aromatic carbocycles. The van der Waals surface area contributed by atoms with Gasteiger partial charge in [-0.25, -0.2) is 9.97 Å². The molecule has 0 bridgehead atoms. The summed E-state index contributed by atoms with van der Waals surface area (Å²) in [6.45, 7) is 2.64. The van der Waals surface area contributed by atoms with Crippen LogP contribution < -0.4 is 5.32 Å². The van der Waals surface area contributed by atoms with Crippen molar-refractivity contribution < 1.29 is 4.79 Å². The Bertz CT molecular complexity index is 552. The van der Waals surface area contributed by atoms with E-state index >= 15 is 0 Å². The third-order valence-corrected chi connectivity index (χ3v) is 3.08. The molecule has 0 aliphatic rings. The summed E-state index contributed by atoms with van der Waals surface area (Å²) in [4.78, 5) is 19.7. The molecule has 98 valence electrons. The topological polar surface area (TPSA) is 54.9 Å². The predicted octanol–water partition coefficient (Wildman–Crippen LogP) is 2.52. The van der Waals surface area contributed by atoms with E-state index in [9.17, 15) is 4.79 Å². The highest BCUT2D eigenvalue weighted by Crippen LogP contribution is 2.04. The van der Waals surface area contributed by atoms with Crippen LogP contribution in [0.25, 0.3) is 0 Å². The van der Waals surface area contributed by atoms with Crippen LogP contribution in [0.15, 0.2) is 41.3 Å². The number of aromatic nitrogens is 2. The summed E-state index contributed by atoms with van der Waals surface area (Å²) in [5, 5.41) is 2.82. The smallest absolute Gasteiger partial charge is 0.271 e. The molecule has 2 rings (SSSR count). The van der Waals surface area contributed by atoms with Crippen LogP contribution in [0.3, 0.4) is 0 Å². The zero-order chi connectivity index (χ0) is 13.7. The third-order valence-electron chi connectivity index (χ3n) is 2.67. The highest BCUT2D eigenvalue weighted by atomic mass is 79.9. The van der Waals surface area contributed by atoms with Gasteiger partial charge in [0.25, 0.3) is 5.91 Å². The van der Waals surface area contributed by atoms with Crippen LogP contribution in [0.1, 0.15) is 21.6 Å². The summed E-state index contributed by atoms with van der Waals surface area (Å²) in [5.74, 6) is -0.202. The van der Waals surface area contributed by atoms with E-state index in [1.807, 2.05) is 0 Å². The highest BCUT2D eigenvalue weighted by molar-refractivity contribution is 9.10. The van der Waals surface area contributed by atoms with E-state index in [2.05, 4.69) is 62.4 Å². The molecule has 0 fully saturated rings. The number of hydrogen-bond acceptors (Lipinski definition) is 3. The Morgan fingerprint density at radius 1 is 1.21 bits per heavy atom. The molecule has 0 spiro atoms. The molecule has 1 amide bonds. The molecule has 4 nitrogen and oxygen atoms in total. The second-order valence-corrected chi connectivity index (χ2v) is 5.03. The first-order valence-electron chi connectivity index (χ1n) is 5.96. The van der Waals surface area contributed by atoms with E-state index < -0.39 is 0 Å². The lowest BCUT2D eigenvalue weighted by molar-refractivity contribution is 0.0948. The molecule has 2 aromatic rings. The summed E-state index contributed by atoms with van der Waals surface area (Å²) in [7, 11) is 0. The lowest BCUT2D eigenvalue weighted by atomic mass is 10.1. The van der Waals surface area contributed by atoms with Crippen LogP contribution in [-0.4, -0.2) is 22.4 Å².